The van der Waals surface area contributed by atoms with Gasteiger partial charge < -0.3 is 5.11 Å². The first kappa shape index (κ1) is 15.8. The Morgan fingerprint density at radius 3 is 2.74 bits per heavy atom. The van der Waals surface area contributed by atoms with Crippen LogP contribution in [0.25, 0.3) is 0 Å². The Hall–Kier alpha value is -2.07. The van der Waals surface area contributed by atoms with Crippen LogP contribution in [0.2, 0.25) is 5.02 Å². The molecule has 2 aromatic rings. The first-order valence-corrected chi connectivity index (χ1v) is 8.76. The minimum absolute atomic E-state index is 0.0419. The molecule has 0 fully saturated rings. The quantitative estimate of drug-likeness (QED) is 0.904. The van der Waals surface area contributed by atoms with Gasteiger partial charge >= 0.3 is 0 Å². The Kier molecular flexibility index (Phi) is 4.02. The van der Waals surface area contributed by atoms with E-state index in [1.54, 1.807) is 30.3 Å². The summed E-state index contributed by atoms with van der Waals surface area (Å²) < 4.78 is 27.2. The van der Waals surface area contributed by atoms with Crippen LogP contribution in [-0.4, -0.2) is 20.1 Å². The van der Waals surface area contributed by atoms with Gasteiger partial charge in [-0.2, -0.15) is 5.26 Å². The summed E-state index contributed by atoms with van der Waals surface area (Å²) in [5, 5.41) is 19.7. The lowest BCUT2D eigenvalue weighted by molar-refractivity contribution is 0.166. The molecule has 0 aliphatic carbocycles. The van der Waals surface area contributed by atoms with Crippen molar-refractivity contribution in [2.45, 2.75) is 17.4 Å². The summed E-state index contributed by atoms with van der Waals surface area (Å²) in [5.41, 5.74) is 0.955. The number of benzene rings is 2. The third-order valence-corrected chi connectivity index (χ3v) is 5.90. The summed E-state index contributed by atoms with van der Waals surface area (Å²) in [4.78, 5) is -0.0419. The minimum atomic E-state index is -3.90. The molecule has 0 saturated carbocycles. The summed E-state index contributed by atoms with van der Waals surface area (Å²) in [6.45, 7) is 0.137. The van der Waals surface area contributed by atoms with E-state index in [9.17, 15) is 13.5 Å². The van der Waals surface area contributed by atoms with Crippen molar-refractivity contribution in [3.8, 4) is 6.07 Å². The van der Waals surface area contributed by atoms with Gasteiger partial charge in [-0.1, -0.05) is 23.7 Å². The lowest BCUT2D eigenvalue weighted by Gasteiger charge is -2.33. The Balaban J connectivity index is 2.16. The summed E-state index contributed by atoms with van der Waals surface area (Å²) in [5.74, 6) is 0. The number of hydrogen-bond acceptors (Lipinski definition) is 4. The van der Waals surface area contributed by atoms with Crippen LogP contribution in [0, 0.1) is 11.3 Å². The highest BCUT2D eigenvalue weighted by molar-refractivity contribution is 7.92. The largest absolute Gasteiger partial charge is 0.388 e. The van der Waals surface area contributed by atoms with Crippen molar-refractivity contribution in [1.29, 1.82) is 5.26 Å². The molecule has 1 aliphatic heterocycles. The molecule has 1 unspecified atom stereocenters. The van der Waals surface area contributed by atoms with Crippen LogP contribution in [-0.2, 0) is 10.0 Å². The van der Waals surface area contributed by atoms with Gasteiger partial charge in [-0.3, -0.25) is 4.31 Å². The van der Waals surface area contributed by atoms with Crippen LogP contribution in [0.1, 0.15) is 23.7 Å². The number of fused-ring (bicyclic) bond motifs is 1. The standard InChI is InChI=1S/C16H13ClN2O3S/c17-12-5-6-14-13(9-12)15(20)7-8-19(14)23(21,22)16-4-2-1-3-11(16)10-18/h1-6,9,15,20H,7-8H2. The Labute approximate surface area is 139 Å². The fourth-order valence-electron chi connectivity index (χ4n) is 2.69. The number of sulfonamides is 1. The molecule has 7 heteroatoms. The summed E-state index contributed by atoms with van der Waals surface area (Å²) in [6, 6.07) is 12.7. The number of nitriles is 1. The van der Waals surface area contributed by atoms with E-state index in [4.69, 9.17) is 16.9 Å². The van der Waals surface area contributed by atoms with E-state index in [2.05, 4.69) is 0 Å². The van der Waals surface area contributed by atoms with Crippen molar-refractivity contribution in [3.63, 3.8) is 0 Å². The fourth-order valence-corrected chi connectivity index (χ4v) is 4.52. The summed E-state index contributed by atoms with van der Waals surface area (Å²) in [7, 11) is -3.90. The molecule has 0 amide bonds. The fraction of sp³-hybridized carbons (Fsp3) is 0.188. The monoisotopic (exact) mass is 348 g/mol. The van der Waals surface area contributed by atoms with Crippen molar-refractivity contribution in [2.24, 2.45) is 0 Å². The highest BCUT2D eigenvalue weighted by Crippen LogP contribution is 2.38. The second kappa shape index (κ2) is 5.85. The molecule has 0 bridgehead atoms. The molecule has 1 atom stereocenters. The highest BCUT2D eigenvalue weighted by atomic mass is 35.5. The van der Waals surface area contributed by atoms with Crippen molar-refractivity contribution in [1.82, 2.24) is 0 Å². The third kappa shape index (κ3) is 2.68. The van der Waals surface area contributed by atoms with Gasteiger partial charge in [0.25, 0.3) is 10.0 Å². The lowest BCUT2D eigenvalue weighted by atomic mass is 10.0. The molecule has 0 aromatic heterocycles. The number of aliphatic hydroxyl groups is 1. The second-order valence-electron chi connectivity index (χ2n) is 5.19. The van der Waals surface area contributed by atoms with Gasteiger partial charge in [-0.05, 0) is 36.8 Å². The van der Waals surface area contributed by atoms with Crippen molar-refractivity contribution >= 4 is 27.3 Å². The maximum atomic E-state index is 13.0. The zero-order chi connectivity index (χ0) is 16.6. The minimum Gasteiger partial charge on any atom is -0.388 e. The SMILES string of the molecule is N#Cc1ccccc1S(=O)(=O)N1CCC(O)c2cc(Cl)ccc21. The maximum Gasteiger partial charge on any atom is 0.265 e. The Morgan fingerprint density at radius 2 is 2.00 bits per heavy atom. The van der Waals surface area contributed by atoms with Crippen LogP contribution in [0.15, 0.2) is 47.4 Å². The van der Waals surface area contributed by atoms with E-state index < -0.39 is 16.1 Å². The molecule has 0 spiro atoms. The van der Waals surface area contributed by atoms with Gasteiger partial charge in [0.05, 0.1) is 17.4 Å². The van der Waals surface area contributed by atoms with Crippen LogP contribution < -0.4 is 4.31 Å². The molecule has 0 saturated heterocycles. The molecule has 3 rings (SSSR count). The number of rotatable bonds is 2. The number of aliphatic hydroxyl groups excluding tert-OH is 1. The lowest BCUT2D eigenvalue weighted by Crippen LogP contribution is -2.37. The molecule has 1 heterocycles. The smallest absolute Gasteiger partial charge is 0.265 e. The summed E-state index contributed by atoms with van der Waals surface area (Å²) in [6.07, 6.45) is -0.497. The maximum absolute atomic E-state index is 13.0. The van der Waals surface area contributed by atoms with Gasteiger partial charge in [0, 0.05) is 17.1 Å². The molecule has 2 aromatic carbocycles. The topological polar surface area (TPSA) is 81.4 Å². The first-order chi connectivity index (χ1) is 10.9. The number of nitrogens with zero attached hydrogens (tertiary/aromatic N) is 2. The average molecular weight is 349 g/mol. The van der Waals surface area contributed by atoms with Crippen molar-refractivity contribution < 1.29 is 13.5 Å². The Bertz CT molecular complexity index is 906. The second-order valence-corrected chi connectivity index (χ2v) is 7.46. The van der Waals surface area contributed by atoms with Crippen LogP contribution in [0.4, 0.5) is 5.69 Å². The van der Waals surface area contributed by atoms with E-state index >= 15 is 0 Å². The zero-order valence-electron chi connectivity index (χ0n) is 12.0. The van der Waals surface area contributed by atoms with E-state index in [-0.39, 0.29) is 23.4 Å². The van der Waals surface area contributed by atoms with Gasteiger partial charge in [-0.15, -0.1) is 0 Å². The number of hydrogen-bond donors (Lipinski definition) is 1. The molecule has 1 aliphatic rings. The predicted octanol–water partition coefficient (Wildman–Crippen LogP) is 2.84. The van der Waals surface area contributed by atoms with Gasteiger partial charge in [-0.25, -0.2) is 8.42 Å². The molecule has 1 N–H and O–H groups in total. The van der Waals surface area contributed by atoms with Crippen LogP contribution in [0.3, 0.4) is 0 Å². The molecule has 0 radical (unpaired) electrons. The average Bonchev–Trinajstić information content (AvgIpc) is 2.55. The van der Waals surface area contributed by atoms with E-state index in [0.717, 1.165) is 0 Å². The van der Waals surface area contributed by atoms with Crippen LogP contribution in [0.5, 0.6) is 0 Å². The van der Waals surface area contributed by atoms with E-state index in [0.29, 0.717) is 16.3 Å². The van der Waals surface area contributed by atoms with Crippen molar-refractivity contribution in [3.05, 3.63) is 58.6 Å². The molecular formula is C16H13ClN2O3S. The number of halogens is 1. The third-order valence-electron chi connectivity index (χ3n) is 3.80. The normalized spacial score (nSPS) is 17.4. The van der Waals surface area contributed by atoms with Gasteiger partial charge in [0.2, 0.25) is 0 Å². The highest BCUT2D eigenvalue weighted by Gasteiger charge is 2.33. The Morgan fingerprint density at radius 1 is 1.26 bits per heavy atom. The molecule has 5 nitrogen and oxygen atoms in total. The molecule has 118 valence electrons. The van der Waals surface area contributed by atoms with Crippen LogP contribution >= 0.6 is 11.6 Å². The predicted molar refractivity (Wildman–Crippen MR) is 86.7 cm³/mol. The van der Waals surface area contributed by atoms with Gasteiger partial charge in [0.1, 0.15) is 11.0 Å². The summed E-state index contributed by atoms with van der Waals surface area (Å²) >= 11 is 5.95. The molecule has 23 heavy (non-hydrogen) atoms. The van der Waals surface area contributed by atoms with Gasteiger partial charge in [0.15, 0.2) is 0 Å². The van der Waals surface area contributed by atoms with Crippen molar-refractivity contribution in [2.75, 3.05) is 10.8 Å². The first-order valence-electron chi connectivity index (χ1n) is 6.94. The number of anilines is 1. The zero-order valence-corrected chi connectivity index (χ0v) is 13.5. The van der Waals surface area contributed by atoms with E-state index in [1.165, 1.54) is 16.4 Å². The van der Waals surface area contributed by atoms with E-state index in [1.807, 2.05) is 6.07 Å². The molecular weight excluding hydrogens is 336 g/mol.